The molecule has 0 aromatic rings. The molecule has 18 heavy (non-hydrogen) atoms. The largest absolute Gasteiger partial charge is 0.469 e. The van der Waals surface area contributed by atoms with Gasteiger partial charge in [0, 0.05) is 6.42 Å². The van der Waals surface area contributed by atoms with E-state index in [9.17, 15) is 9.59 Å². The summed E-state index contributed by atoms with van der Waals surface area (Å²) in [6.45, 7) is 4.92. The Labute approximate surface area is 109 Å². The number of ether oxygens (including phenoxy) is 2. The first-order valence-corrected chi connectivity index (χ1v) is 6.50. The van der Waals surface area contributed by atoms with Crippen molar-refractivity contribution in [2.45, 2.75) is 45.6 Å². The molecule has 0 aliphatic rings. The Hall–Kier alpha value is -1.10. The SMILES string of the molecule is CCCC(C(=O)OCC)N(C)CCCC(=O)OC. The highest BCUT2D eigenvalue weighted by Crippen LogP contribution is 2.09. The molecule has 0 spiro atoms. The Bertz CT molecular complexity index is 255. The second kappa shape index (κ2) is 9.88. The summed E-state index contributed by atoms with van der Waals surface area (Å²) in [6, 6.07) is -0.215. The van der Waals surface area contributed by atoms with Crippen LogP contribution < -0.4 is 0 Å². The number of carbonyl (C=O) groups excluding carboxylic acids is 2. The fourth-order valence-electron chi connectivity index (χ4n) is 1.76. The van der Waals surface area contributed by atoms with Gasteiger partial charge in [-0.1, -0.05) is 13.3 Å². The zero-order valence-corrected chi connectivity index (χ0v) is 11.9. The summed E-state index contributed by atoms with van der Waals surface area (Å²) in [4.78, 5) is 24.7. The van der Waals surface area contributed by atoms with Crippen LogP contribution in [0.2, 0.25) is 0 Å². The van der Waals surface area contributed by atoms with Crippen LogP contribution in [0.5, 0.6) is 0 Å². The lowest BCUT2D eigenvalue weighted by Crippen LogP contribution is -2.40. The van der Waals surface area contributed by atoms with E-state index < -0.39 is 0 Å². The minimum atomic E-state index is -0.216. The molecule has 5 nitrogen and oxygen atoms in total. The van der Waals surface area contributed by atoms with Crippen molar-refractivity contribution < 1.29 is 19.1 Å². The zero-order valence-electron chi connectivity index (χ0n) is 11.9. The zero-order chi connectivity index (χ0) is 14.0. The second-order valence-corrected chi connectivity index (χ2v) is 4.22. The van der Waals surface area contributed by atoms with Gasteiger partial charge in [-0.25, -0.2) is 0 Å². The molecule has 0 saturated heterocycles. The van der Waals surface area contributed by atoms with Crippen molar-refractivity contribution in [3.63, 3.8) is 0 Å². The Morgan fingerprint density at radius 1 is 1.28 bits per heavy atom. The van der Waals surface area contributed by atoms with Crippen LogP contribution in [0.25, 0.3) is 0 Å². The van der Waals surface area contributed by atoms with E-state index in [2.05, 4.69) is 4.74 Å². The van der Waals surface area contributed by atoms with Gasteiger partial charge in [0.25, 0.3) is 0 Å². The van der Waals surface area contributed by atoms with Crippen LogP contribution in [0, 0.1) is 0 Å². The highest BCUT2D eigenvalue weighted by atomic mass is 16.5. The molecule has 0 bridgehead atoms. The molecule has 0 fully saturated rings. The third kappa shape index (κ3) is 6.59. The highest BCUT2D eigenvalue weighted by Gasteiger charge is 2.23. The topological polar surface area (TPSA) is 55.8 Å². The minimum absolute atomic E-state index is 0.181. The Morgan fingerprint density at radius 2 is 1.94 bits per heavy atom. The van der Waals surface area contributed by atoms with Gasteiger partial charge >= 0.3 is 11.9 Å². The van der Waals surface area contributed by atoms with Crippen molar-refractivity contribution in [1.82, 2.24) is 4.90 Å². The number of methoxy groups -OCH3 is 1. The van der Waals surface area contributed by atoms with Gasteiger partial charge in [0.15, 0.2) is 0 Å². The summed E-state index contributed by atoms with van der Waals surface area (Å²) in [7, 11) is 3.26. The third-order valence-corrected chi connectivity index (χ3v) is 2.77. The first-order chi connectivity index (χ1) is 8.56. The van der Waals surface area contributed by atoms with Crippen LogP contribution in [0.15, 0.2) is 0 Å². The summed E-state index contributed by atoms with van der Waals surface area (Å²) in [6.07, 6.45) is 2.75. The normalized spacial score (nSPS) is 12.3. The molecule has 0 saturated carbocycles. The summed E-state index contributed by atoms with van der Waals surface area (Å²) in [5.74, 6) is -0.397. The molecular formula is C13H25NO4. The smallest absolute Gasteiger partial charge is 0.323 e. The monoisotopic (exact) mass is 259 g/mol. The quantitative estimate of drug-likeness (QED) is 0.589. The molecule has 1 unspecified atom stereocenters. The van der Waals surface area contributed by atoms with E-state index in [0.717, 1.165) is 12.8 Å². The van der Waals surface area contributed by atoms with Gasteiger partial charge in [-0.05, 0) is 33.4 Å². The fourth-order valence-corrected chi connectivity index (χ4v) is 1.76. The average molecular weight is 259 g/mol. The molecule has 5 heteroatoms. The van der Waals surface area contributed by atoms with Crippen molar-refractivity contribution in [3.05, 3.63) is 0 Å². The van der Waals surface area contributed by atoms with E-state index in [1.165, 1.54) is 7.11 Å². The van der Waals surface area contributed by atoms with Crippen LogP contribution in [-0.2, 0) is 19.1 Å². The van der Waals surface area contributed by atoms with Crippen LogP contribution in [0.3, 0.4) is 0 Å². The molecule has 106 valence electrons. The Morgan fingerprint density at radius 3 is 2.44 bits per heavy atom. The maximum absolute atomic E-state index is 11.8. The number of likely N-dealkylation sites (N-methyl/N-ethyl adjacent to an activating group) is 1. The molecule has 0 rings (SSSR count). The second-order valence-electron chi connectivity index (χ2n) is 4.22. The maximum Gasteiger partial charge on any atom is 0.323 e. The molecule has 0 heterocycles. The standard InChI is InChI=1S/C13H25NO4/c1-5-8-11(13(16)18-6-2)14(3)10-7-9-12(15)17-4/h11H,5-10H2,1-4H3. The highest BCUT2D eigenvalue weighted by molar-refractivity contribution is 5.75. The first kappa shape index (κ1) is 16.9. The summed E-state index contributed by atoms with van der Waals surface area (Å²) in [5.41, 5.74) is 0. The number of nitrogens with zero attached hydrogens (tertiary/aromatic N) is 1. The summed E-state index contributed by atoms with van der Waals surface area (Å²) >= 11 is 0. The lowest BCUT2D eigenvalue weighted by Gasteiger charge is -2.25. The molecule has 0 aromatic carbocycles. The molecule has 0 radical (unpaired) electrons. The van der Waals surface area contributed by atoms with E-state index in [-0.39, 0.29) is 18.0 Å². The predicted molar refractivity (Wildman–Crippen MR) is 69.2 cm³/mol. The van der Waals surface area contributed by atoms with E-state index in [4.69, 9.17) is 4.74 Å². The first-order valence-electron chi connectivity index (χ1n) is 6.50. The molecular weight excluding hydrogens is 234 g/mol. The number of rotatable bonds is 9. The average Bonchev–Trinajstić information content (AvgIpc) is 2.35. The lowest BCUT2D eigenvalue weighted by atomic mass is 10.1. The van der Waals surface area contributed by atoms with E-state index >= 15 is 0 Å². The van der Waals surface area contributed by atoms with Crippen molar-refractivity contribution in [3.8, 4) is 0 Å². The summed E-state index contributed by atoms with van der Waals surface area (Å²) in [5, 5.41) is 0. The van der Waals surface area contributed by atoms with E-state index in [1.54, 1.807) is 6.92 Å². The predicted octanol–water partition coefficient (Wildman–Crippen LogP) is 1.60. The van der Waals surface area contributed by atoms with Crippen LogP contribution in [-0.4, -0.2) is 50.2 Å². The van der Waals surface area contributed by atoms with Crippen LogP contribution in [0.4, 0.5) is 0 Å². The lowest BCUT2D eigenvalue weighted by molar-refractivity contribution is -0.149. The van der Waals surface area contributed by atoms with Gasteiger partial charge in [0.1, 0.15) is 6.04 Å². The third-order valence-electron chi connectivity index (χ3n) is 2.77. The molecule has 0 amide bonds. The molecule has 0 aliphatic heterocycles. The van der Waals surface area contributed by atoms with Gasteiger partial charge in [-0.15, -0.1) is 0 Å². The van der Waals surface area contributed by atoms with Gasteiger partial charge < -0.3 is 9.47 Å². The number of carbonyl (C=O) groups is 2. The van der Waals surface area contributed by atoms with Gasteiger partial charge in [0.2, 0.25) is 0 Å². The molecule has 0 N–H and O–H groups in total. The van der Waals surface area contributed by atoms with Gasteiger partial charge in [-0.3, -0.25) is 14.5 Å². The van der Waals surface area contributed by atoms with Crippen LogP contribution in [0.1, 0.15) is 39.5 Å². The van der Waals surface area contributed by atoms with Crippen molar-refractivity contribution in [1.29, 1.82) is 0 Å². The maximum atomic E-state index is 11.8. The Kier molecular flexibility index (Phi) is 9.28. The van der Waals surface area contributed by atoms with Crippen molar-refractivity contribution >= 4 is 11.9 Å². The van der Waals surface area contributed by atoms with E-state index in [0.29, 0.717) is 26.0 Å². The fraction of sp³-hybridized carbons (Fsp3) is 0.846. The van der Waals surface area contributed by atoms with Gasteiger partial charge in [-0.2, -0.15) is 0 Å². The van der Waals surface area contributed by atoms with Crippen LogP contribution >= 0.6 is 0 Å². The van der Waals surface area contributed by atoms with E-state index in [1.807, 2.05) is 18.9 Å². The van der Waals surface area contributed by atoms with Crippen molar-refractivity contribution in [2.24, 2.45) is 0 Å². The molecule has 1 atom stereocenters. The number of esters is 2. The van der Waals surface area contributed by atoms with Crippen molar-refractivity contribution in [2.75, 3.05) is 27.3 Å². The number of hydrogen-bond acceptors (Lipinski definition) is 5. The Balaban J connectivity index is 4.16. The molecule has 0 aromatic heterocycles. The number of hydrogen-bond donors (Lipinski definition) is 0. The molecule has 0 aliphatic carbocycles. The van der Waals surface area contributed by atoms with Gasteiger partial charge in [0.05, 0.1) is 13.7 Å². The summed E-state index contributed by atoms with van der Waals surface area (Å²) < 4.78 is 9.63. The minimum Gasteiger partial charge on any atom is -0.469 e.